The monoisotopic (exact) mass is 298 g/mol. The maximum atomic E-state index is 13.0. The number of rotatable bonds is 3. The molecular formula is C13H9F3N2O3. The zero-order chi connectivity index (χ0) is 16.0. The van der Waals surface area contributed by atoms with Gasteiger partial charge >= 0.3 is 12.1 Å². The van der Waals surface area contributed by atoms with Crippen molar-refractivity contribution >= 4 is 17.5 Å². The molecule has 0 aromatic rings. The third-order valence-corrected chi connectivity index (χ3v) is 2.17. The molecule has 0 saturated carbocycles. The average Bonchev–Trinajstić information content (AvgIpc) is 2.40. The molecule has 0 aromatic carbocycles. The highest BCUT2D eigenvalue weighted by molar-refractivity contribution is 6.17. The van der Waals surface area contributed by atoms with Crippen molar-refractivity contribution in [3.05, 3.63) is 35.6 Å². The van der Waals surface area contributed by atoms with E-state index in [1.807, 2.05) is 0 Å². The van der Waals surface area contributed by atoms with Gasteiger partial charge in [0, 0.05) is 0 Å². The Kier molecular flexibility index (Phi) is 5.18. The lowest BCUT2D eigenvalue weighted by molar-refractivity contribution is -0.139. The fraction of sp³-hybridized carbons (Fsp3) is 0.231. The van der Waals surface area contributed by atoms with Crippen LogP contribution in [0.5, 0.6) is 0 Å². The van der Waals surface area contributed by atoms with Gasteiger partial charge in [-0.2, -0.15) is 18.4 Å². The summed E-state index contributed by atoms with van der Waals surface area (Å²) in [6.07, 6.45) is -0.886. The van der Waals surface area contributed by atoms with Crippen LogP contribution in [-0.2, 0) is 14.3 Å². The van der Waals surface area contributed by atoms with Crippen LogP contribution in [0.4, 0.5) is 13.2 Å². The van der Waals surface area contributed by atoms with Crippen molar-refractivity contribution < 1.29 is 27.5 Å². The molecule has 5 nitrogen and oxygen atoms in total. The summed E-state index contributed by atoms with van der Waals surface area (Å²) >= 11 is 0. The normalized spacial score (nSPS) is 15.4. The number of ether oxygens (including phenoxy) is 1. The second-order valence-corrected chi connectivity index (χ2v) is 3.66. The minimum Gasteiger partial charge on any atom is -0.462 e. The highest BCUT2D eigenvalue weighted by Crippen LogP contribution is 2.30. The first-order valence-corrected chi connectivity index (χ1v) is 5.67. The van der Waals surface area contributed by atoms with Crippen molar-refractivity contribution in [1.29, 1.82) is 5.26 Å². The number of halogens is 3. The number of hydrogen-bond donors (Lipinski definition) is 0. The molecule has 0 heterocycles. The average molecular weight is 298 g/mol. The highest BCUT2D eigenvalue weighted by Gasteiger charge is 2.39. The van der Waals surface area contributed by atoms with Gasteiger partial charge in [0.15, 0.2) is 17.1 Å². The van der Waals surface area contributed by atoms with Gasteiger partial charge in [-0.05, 0) is 31.2 Å². The number of carbonyl (C=O) groups excluding carboxylic acids is 2. The molecule has 0 spiro atoms. The number of allylic oxidation sites excluding steroid dienone is 5. The fourth-order valence-corrected chi connectivity index (χ4v) is 1.31. The molecule has 0 fully saturated rings. The van der Waals surface area contributed by atoms with Crippen LogP contribution in [0, 0.1) is 11.3 Å². The molecule has 1 rings (SSSR count). The number of carbonyl (C=O) groups is 2. The first-order chi connectivity index (χ1) is 9.79. The number of nitriles is 1. The van der Waals surface area contributed by atoms with Gasteiger partial charge in [-0.25, -0.2) is 9.79 Å². The summed E-state index contributed by atoms with van der Waals surface area (Å²) in [5.41, 5.74) is -3.11. The predicted molar refractivity (Wildman–Crippen MR) is 66.0 cm³/mol. The van der Waals surface area contributed by atoms with Crippen molar-refractivity contribution in [1.82, 2.24) is 0 Å². The molecule has 1 aliphatic carbocycles. The van der Waals surface area contributed by atoms with E-state index in [4.69, 9.17) is 5.26 Å². The molecule has 0 aromatic heterocycles. The Bertz CT molecular complexity index is 602. The molecule has 1 aliphatic rings. The Morgan fingerprint density at radius 1 is 1.33 bits per heavy atom. The van der Waals surface area contributed by atoms with Crippen LogP contribution in [0.1, 0.15) is 6.92 Å². The molecule has 0 unspecified atom stereocenters. The fourth-order valence-electron chi connectivity index (χ4n) is 1.31. The third-order valence-electron chi connectivity index (χ3n) is 2.17. The van der Waals surface area contributed by atoms with Gasteiger partial charge in [0.2, 0.25) is 0 Å². The Labute approximate surface area is 117 Å². The van der Waals surface area contributed by atoms with E-state index in [-0.39, 0.29) is 12.3 Å². The Morgan fingerprint density at radius 3 is 2.33 bits per heavy atom. The summed E-state index contributed by atoms with van der Waals surface area (Å²) in [5, 5.41) is 8.76. The molecule has 0 amide bonds. The van der Waals surface area contributed by atoms with Crippen LogP contribution in [0.3, 0.4) is 0 Å². The van der Waals surface area contributed by atoms with Gasteiger partial charge in [-0.1, -0.05) is 0 Å². The highest BCUT2D eigenvalue weighted by atomic mass is 19.4. The number of aliphatic imine (C=N–C) groups is 1. The van der Waals surface area contributed by atoms with Crippen LogP contribution >= 0.6 is 0 Å². The summed E-state index contributed by atoms with van der Waals surface area (Å²) in [4.78, 5) is 25.5. The van der Waals surface area contributed by atoms with Crippen molar-refractivity contribution in [2.45, 2.75) is 13.1 Å². The molecule has 0 bridgehead atoms. The number of nitrogens with zero attached hydrogens (tertiary/aromatic N) is 2. The van der Waals surface area contributed by atoms with E-state index in [2.05, 4.69) is 9.73 Å². The Hall–Kier alpha value is -2.69. The van der Waals surface area contributed by atoms with Gasteiger partial charge in [-0.15, -0.1) is 0 Å². The lowest BCUT2D eigenvalue weighted by Crippen LogP contribution is -2.19. The lowest BCUT2D eigenvalue weighted by Gasteiger charge is -2.10. The minimum atomic E-state index is -5.02. The van der Waals surface area contributed by atoms with Gasteiger partial charge < -0.3 is 4.74 Å². The molecule has 21 heavy (non-hydrogen) atoms. The van der Waals surface area contributed by atoms with Crippen LogP contribution in [0.25, 0.3) is 0 Å². The topological polar surface area (TPSA) is 79.5 Å². The second kappa shape index (κ2) is 6.65. The van der Waals surface area contributed by atoms with Crippen LogP contribution in [-0.4, -0.2) is 30.2 Å². The van der Waals surface area contributed by atoms with E-state index < -0.39 is 29.2 Å². The Morgan fingerprint density at radius 2 is 1.90 bits per heavy atom. The summed E-state index contributed by atoms with van der Waals surface area (Å²) < 4.78 is 43.2. The molecular weight excluding hydrogens is 289 g/mol. The van der Waals surface area contributed by atoms with E-state index in [1.54, 1.807) is 0 Å². The molecule has 0 N–H and O–H groups in total. The zero-order valence-electron chi connectivity index (χ0n) is 10.8. The Balaban J connectivity index is 3.37. The van der Waals surface area contributed by atoms with Crippen LogP contribution < -0.4 is 0 Å². The van der Waals surface area contributed by atoms with Gasteiger partial charge in [0.1, 0.15) is 6.07 Å². The van der Waals surface area contributed by atoms with E-state index in [0.29, 0.717) is 0 Å². The molecule has 110 valence electrons. The predicted octanol–water partition coefficient (Wildman–Crippen LogP) is 2.03. The number of ketones is 1. The maximum absolute atomic E-state index is 13.0. The maximum Gasteiger partial charge on any atom is 0.434 e. The van der Waals surface area contributed by atoms with E-state index in [0.717, 1.165) is 30.4 Å². The lowest BCUT2D eigenvalue weighted by atomic mass is 10.1. The number of alkyl halides is 3. The first-order valence-electron chi connectivity index (χ1n) is 5.67. The van der Waals surface area contributed by atoms with Gasteiger partial charge in [-0.3, -0.25) is 4.79 Å². The third kappa shape index (κ3) is 4.42. The summed E-state index contributed by atoms with van der Waals surface area (Å²) in [6.45, 7) is 1.21. The van der Waals surface area contributed by atoms with Crippen LogP contribution in [0.2, 0.25) is 0 Å². The molecule has 0 saturated heterocycles. The molecule has 8 heteroatoms. The van der Waals surface area contributed by atoms with Crippen LogP contribution in [0.15, 0.2) is 40.6 Å². The molecule has 0 atom stereocenters. The zero-order valence-corrected chi connectivity index (χ0v) is 10.8. The second-order valence-electron chi connectivity index (χ2n) is 3.66. The quantitative estimate of drug-likeness (QED) is 0.345. The van der Waals surface area contributed by atoms with E-state index >= 15 is 0 Å². The summed E-state index contributed by atoms with van der Waals surface area (Å²) in [5.74, 6) is -1.81. The molecule has 0 radical (unpaired) electrons. The van der Waals surface area contributed by atoms with Gasteiger partial charge in [0.25, 0.3) is 0 Å². The molecule has 0 aliphatic heterocycles. The van der Waals surface area contributed by atoms with E-state index in [9.17, 15) is 22.8 Å². The standard InChI is InChI=1S/C13H9F3N2O3/c1-2-21-12(20)10(7-17)11(13(14,15)16)18-8-3-5-9(19)6-4-8/h3-6H,2H2,1H3/b11-10+. The number of hydrogen-bond acceptors (Lipinski definition) is 5. The minimum absolute atomic E-state index is 0.181. The summed E-state index contributed by atoms with van der Waals surface area (Å²) in [7, 11) is 0. The van der Waals surface area contributed by atoms with E-state index in [1.165, 1.54) is 6.92 Å². The van der Waals surface area contributed by atoms with Gasteiger partial charge in [0.05, 0.1) is 12.3 Å². The van der Waals surface area contributed by atoms with Crippen molar-refractivity contribution in [3.8, 4) is 6.07 Å². The first kappa shape index (κ1) is 16.4. The smallest absolute Gasteiger partial charge is 0.434 e. The van der Waals surface area contributed by atoms with Crippen molar-refractivity contribution in [3.63, 3.8) is 0 Å². The summed E-state index contributed by atoms with van der Waals surface area (Å²) in [6, 6.07) is 1.15. The van der Waals surface area contributed by atoms with Crippen molar-refractivity contribution in [2.75, 3.05) is 6.61 Å². The number of esters is 1. The van der Waals surface area contributed by atoms with Crippen molar-refractivity contribution in [2.24, 2.45) is 4.99 Å². The SMILES string of the molecule is CCOC(=O)/C(C#N)=C(/N=C1C=CC(=O)C=C1)C(F)(F)F. The largest absolute Gasteiger partial charge is 0.462 e.